The summed E-state index contributed by atoms with van der Waals surface area (Å²) in [5, 5.41) is 3.27. The molecule has 0 bridgehead atoms. The van der Waals surface area contributed by atoms with Gasteiger partial charge in [-0.25, -0.2) is 4.79 Å². The molecule has 1 aliphatic heterocycles. The van der Waals surface area contributed by atoms with Crippen LogP contribution in [0.4, 0.5) is 5.69 Å². The van der Waals surface area contributed by atoms with Crippen LogP contribution in [0.5, 0.6) is 11.5 Å². The second-order valence-corrected chi connectivity index (χ2v) is 5.66. The first-order chi connectivity index (χ1) is 11.5. The zero-order chi connectivity index (χ0) is 17.1. The Balaban J connectivity index is 1.58. The molecule has 8 heteroatoms. The third-order valence-corrected chi connectivity index (χ3v) is 3.71. The SMILES string of the molecule is O=C(COC(=O)c1ccc2c(c1)OCO2)Nc1cc(Cl)ccc1Cl. The summed E-state index contributed by atoms with van der Waals surface area (Å²) >= 11 is 11.8. The van der Waals surface area contributed by atoms with E-state index < -0.39 is 18.5 Å². The first-order valence-electron chi connectivity index (χ1n) is 6.84. The monoisotopic (exact) mass is 367 g/mol. The summed E-state index contributed by atoms with van der Waals surface area (Å²) in [6, 6.07) is 9.28. The highest BCUT2D eigenvalue weighted by molar-refractivity contribution is 6.35. The number of benzene rings is 2. The van der Waals surface area contributed by atoms with Gasteiger partial charge in [0, 0.05) is 5.02 Å². The Morgan fingerprint density at radius 1 is 1.08 bits per heavy atom. The van der Waals surface area contributed by atoms with E-state index in [1.54, 1.807) is 18.2 Å². The van der Waals surface area contributed by atoms with Crippen molar-refractivity contribution in [2.24, 2.45) is 0 Å². The quantitative estimate of drug-likeness (QED) is 0.836. The smallest absolute Gasteiger partial charge is 0.338 e. The van der Waals surface area contributed by atoms with Crippen molar-refractivity contribution in [3.63, 3.8) is 0 Å². The van der Waals surface area contributed by atoms with Crippen LogP contribution < -0.4 is 14.8 Å². The van der Waals surface area contributed by atoms with Gasteiger partial charge in [-0.3, -0.25) is 4.79 Å². The molecule has 0 aliphatic carbocycles. The molecule has 1 aliphatic rings. The number of halogens is 2. The predicted octanol–water partition coefficient (Wildman–Crippen LogP) is 3.52. The minimum absolute atomic E-state index is 0.108. The predicted molar refractivity (Wildman–Crippen MR) is 87.9 cm³/mol. The molecule has 3 rings (SSSR count). The van der Waals surface area contributed by atoms with Gasteiger partial charge in [0.05, 0.1) is 16.3 Å². The second-order valence-electron chi connectivity index (χ2n) is 4.82. The fraction of sp³-hybridized carbons (Fsp3) is 0.125. The van der Waals surface area contributed by atoms with Crippen LogP contribution in [0.25, 0.3) is 0 Å². The Morgan fingerprint density at radius 2 is 1.88 bits per heavy atom. The van der Waals surface area contributed by atoms with Gasteiger partial charge in [-0.1, -0.05) is 23.2 Å². The van der Waals surface area contributed by atoms with Crippen molar-refractivity contribution in [2.75, 3.05) is 18.7 Å². The van der Waals surface area contributed by atoms with Gasteiger partial charge in [0.2, 0.25) is 6.79 Å². The van der Waals surface area contributed by atoms with Gasteiger partial charge < -0.3 is 19.5 Å². The molecule has 2 aromatic carbocycles. The standard InChI is InChI=1S/C16H11Cl2NO5/c17-10-2-3-11(18)12(6-10)19-15(20)7-22-16(21)9-1-4-13-14(5-9)24-8-23-13/h1-6H,7-8H2,(H,19,20). The van der Waals surface area contributed by atoms with Gasteiger partial charge in [-0.2, -0.15) is 0 Å². The van der Waals surface area contributed by atoms with Crippen LogP contribution in [0.2, 0.25) is 10.0 Å². The van der Waals surface area contributed by atoms with E-state index in [1.807, 2.05) is 0 Å². The third-order valence-electron chi connectivity index (χ3n) is 3.15. The largest absolute Gasteiger partial charge is 0.454 e. The van der Waals surface area contributed by atoms with Crippen molar-refractivity contribution in [2.45, 2.75) is 0 Å². The van der Waals surface area contributed by atoms with E-state index >= 15 is 0 Å². The van der Waals surface area contributed by atoms with Crippen molar-refractivity contribution < 1.29 is 23.8 Å². The maximum atomic E-state index is 12.0. The molecule has 0 unspecified atom stereocenters. The average molecular weight is 368 g/mol. The maximum Gasteiger partial charge on any atom is 0.338 e. The lowest BCUT2D eigenvalue weighted by Gasteiger charge is -2.08. The lowest BCUT2D eigenvalue weighted by Crippen LogP contribution is -2.21. The van der Waals surface area contributed by atoms with Gasteiger partial charge >= 0.3 is 5.97 Å². The van der Waals surface area contributed by atoms with Crippen molar-refractivity contribution >= 4 is 40.8 Å². The van der Waals surface area contributed by atoms with Crippen LogP contribution in [0.1, 0.15) is 10.4 Å². The molecule has 2 aromatic rings. The van der Waals surface area contributed by atoms with Crippen LogP contribution in [0.15, 0.2) is 36.4 Å². The number of fused-ring (bicyclic) bond motifs is 1. The zero-order valence-corrected chi connectivity index (χ0v) is 13.7. The van der Waals surface area contributed by atoms with E-state index in [2.05, 4.69) is 5.32 Å². The Labute approximate surface area is 147 Å². The summed E-state index contributed by atoms with van der Waals surface area (Å²) in [5.41, 5.74) is 0.598. The van der Waals surface area contributed by atoms with Gasteiger partial charge in [-0.15, -0.1) is 0 Å². The first-order valence-corrected chi connectivity index (χ1v) is 7.60. The lowest BCUT2D eigenvalue weighted by atomic mass is 10.2. The highest BCUT2D eigenvalue weighted by Gasteiger charge is 2.18. The number of esters is 1. The van der Waals surface area contributed by atoms with Gasteiger partial charge in [0.15, 0.2) is 18.1 Å². The number of carbonyl (C=O) groups is 2. The number of carbonyl (C=O) groups excluding carboxylic acids is 2. The second kappa shape index (κ2) is 6.98. The lowest BCUT2D eigenvalue weighted by molar-refractivity contribution is -0.119. The van der Waals surface area contributed by atoms with Gasteiger partial charge in [-0.05, 0) is 36.4 Å². The van der Waals surface area contributed by atoms with Crippen molar-refractivity contribution in [3.8, 4) is 11.5 Å². The summed E-state index contributed by atoms with van der Waals surface area (Å²) in [4.78, 5) is 23.8. The van der Waals surface area contributed by atoms with Crippen LogP contribution in [0, 0.1) is 0 Å². The Kier molecular flexibility index (Phi) is 4.78. The maximum absolute atomic E-state index is 12.0. The molecule has 6 nitrogen and oxygen atoms in total. The minimum atomic E-state index is -0.652. The number of nitrogens with one attached hydrogen (secondary N) is 1. The van der Waals surface area contributed by atoms with E-state index in [4.69, 9.17) is 37.4 Å². The van der Waals surface area contributed by atoms with E-state index in [-0.39, 0.29) is 12.4 Å². The van der Waals surface area contributed by atoms with Crippen LogP contribution >= 0.6 is 23.2 Å². The average Bonchev–Trinajstić information content (AvgIpc) is 3.03. The van der Waals surface area contributed by atoms with E-state index in [0.717, 1.165) is 0 Å². The third kappa shape index (κ3) is 3.72. The van der Waals surface area contributed by atoms with Crippen molar-refractivity contribution in [1.82, 2.24) is 0 Å². The zero-order valence-electron chi connectivity index (χ0n) is 12.2. The molecule has 24 heavy (non-hydrogen) atoms. The Hall–Kier alpha value is -2.44. The van der Waals surface area contributed by atoms with Crippen molar-refractivity contribution in [3.05, 3.63) is 52.0 Å². The topological polar surface area (TPSA) is 73.9 Å². The summed E-state index contributed by atoms with van der Waals surface area (Å²) in [5.74, 6) is -0.173. The number of ether oxygens (including phenoxy) is 3. The first kappa shape index (κ1) is 16.4. The number of hydrogen-bond acceptors (Lipinski definition) is 5. The van der Waals surface area contributed by atoms with Crippen LogP contribution in [-0.4, -0.2) is 25.3 Å². The molecule has 0 spiro atoms. The van der Waals surface area contributed by atoms with Crippen molar-refractivity contribution in [1.29, 1.82) is 0 Å². The molecule has 0 saturated heterocycles. The number of hydrogen-bond donors (Lipinski definition) is 1. The fourth-order valence-electron chi connectivity index (χ4n) is 2.02. The number of amides is 1. The molecule has 0 radical (unpaired) electrons. The summed E-state index contributed by atoms with van der Waals surface area (Å²) in [7, 11) is 0. The number of rotatable bonds is 4. The summed E-state index contributed by atoms with van der Waals surface area (Å²) < 4.78 is 15.3. The van der Waals surface area contributed by atoms with Gasteiger partial charge in [0.1, 0.15) is 0 Å². The van der Waals surface area contributed by atoms with Crippen LogP contribution in [-0.2, 0) is 9.53 Å². The normalized spacial score (nSPS) is 11.9. The highest BCUT2D eigenvalue weighted by atomic mass is 35.5. The van der Waals surface area contributed by atoms with E-state index in [0.29, 0.717) is 27.2 Å². The van der Waals surface area contributed by atoms with Crippen LogP contribution in [0.3, 0.4) is 0 Å². The molecule has 0 fully saturated rings. The van der Waals surface area contributed by atoms with E-state index in [1.165, 1.54) is 18.2 Å². The van der Waals surface area contributed by atoms with E-state index in [9.17, 15) is 9.59 Å². The molecule has 0 atom stereocenters. The molecule has 1 N–H and O–H groups in total. The summed E-state index contributed by atoms with van der Waals surface area (Å²) in [6.45, 7) is -0.354. The number of anilines is 1. The molecule has 1 amide bonds. The molecular formula is C16H11Cl2NO5. The van der Waals surface area contributed by atoms with Gasteiger partial charge in [0.25, 0.3) is 5.91 Å². The molecule has 124 valence electrons. The highest BCUT2D eigenvalue weighted by Crippen LogP contribution is 2.32. The minimum Gasteiger partial charge on any atom is -0.454 e. The molecule has 0 saturated carbocycles. The molecule has 0 aromatic heterocycles. The Morgan fingerprint density at radius 3 is 2.71 bits per heavy atom. The molecular weight excluding hydrogens is 357 g/mol. The molecule has 1 heterocycles. The fourth-order valence-corrected chi connectivity index (χ4v) is 2.35. The summed E-state index contributed by atoms with van der Waals surface area (Å²) in [6.07, 6.45) is 0. The Bertz CT molecular complexity index is 809.